The zero-order valence-electron chi connectivity index (χ0n) is 26.6. The van der Waals surface area contributed by atoms with Gasteiger partial charge in [0.2, 0.25) is 5.91 Å². The molecule has 3 aromatic heterocycles. The van der Waals surface area contributed by atoms with Gasteiger partial charge in [-0.3, -0.25) is 14.7 Å². The van der Waals surface area contributed by atoms with Crippen molar-refractivity contribution >= 4 is 66.8 Å². The van der Waals surface area contributed by atoms with Gasteiger partial charge in [-0.05, 0) is 60.4 Å². The van der Waals surface area contributed by atoms with E-state index in [-0.39, 0.29) is 10.9 Å². The molecule has 7 nitrogen and oxygen atoms in total. The van der Waals surface area contributed by atoms with E-state index in [0.29, 0.717) is 37.8 Å². The third-order valence-corrected chi connectivity index (χ3v) is 16.0. The molecular weight excluding hydrogens is 612 g/mol. The van der Waals surface area contributed by atoms with Crippen LogP contribution in [0.15, 0.2) is 42.9 Å². The summed E-state index contributed by atoms with van der Waals surface area (Å²) in [5, 5.41) is 5.31. The van der Waals surface area contributed by atoms with Gasteiger partial charge in [0.1, 0.15) is 6.73 Å². The molecule has 1 amide bonds. The van der Waals surface area contributed by atoms with E-state index >= 15 is 0 Å². The Morgan fingerprint density at radius 2 is 1.84 bits per heavy atom. The van der Waals surface area contributed by atoms with Crippen molar-refractivity contribution in [2.75, 3.05) is 11.5 Å². The molecule has 1 aromatic carbocycles. The molecule has 4 heterocycles. The van der Waals surface area contributed by atoms with Crippen LogP contribution < -0.4 is 4.90 Å². The van der Waals surface area contributed by atoms with Crippen molar-refractivity contribution in [2.45, 2.75) is 90.8 Å². The summed E-state index contributed by atoms with van der Waals surface area (Å²) in [6.07, 6.45) is 6.52. The number of benzene rings is 1. The van der Waals surface area contributed by atoms with Crippen molar-refractivity contribution in [3.05, 3.63) is 58.3 Å². The number of thiophene rings is 1. The number of rotatable bonds is 10. The Morgan fingerprint density at radius 3 is 2.56 bits per heavy atom. The standard InChI is InChI=1S/C32H43ClN4O3SSi2/c1-32(2,3)43(7,8)40-20-25-17-28-31(41-25)26(11-12-34-28)27-16-23(33)15-22-9-10-29(38)37(30(22)27)24-18-35-36(19-24)21-39-13-14-42(4,5)6/h11-12,15-19H,9-10,13-14,20-21H2,1-8H3. The summed E-state index contributed by atoms with van der Waals surface area (Å²) < 4.78 is 15.3. The highest BCUT2D eigenvalue weighted by atomic mass is 35.5. The average Bonchev–Trinajstić information content (AvgIpc) is 3.55. The van der Waals surface area contributed by atoms with Crippen LogP contribution in [0.25, 0.3) is 21.3 Å². The summed E-state index contributed by atoms with van der Waals surface area (Å²) in [6, 6.07) is 9.20. The highest BCUT2D eigenvalue weighted by Gasteiger charge is 2.37. The molecule has 43 heavy (non-hydrogen) atoms. The Hall–Kier alpha value is -2.35. The number of nitrogens with zero attached hydrogens (tertiary/aromatic N) is 4. The fraction of sp³-hybridized carbons (Fsp3) is 0.469. The first-order valence-electron chi connectivity index (χ1n) is 14.9. The molecule has 0 spiro atoms. The second-order valence-electron chi connectivity index (χ2n) is 14.1. The molecule has 0 aliphatic carbocycles. The molecule has 5 rings (SSSR count). The molecule has 0 N–H and O–H groups in total. The van der Waals surface area contributed by atoms with Crippen molar-refractivity contribution in [3.8, 4) is 11.1 Å². The van der Waals surface area contributed by atoms with Crippen LogP contribution in [-0.4, -0.2) is 43.7 Å². The number of aromatic nitrogens is 3. The second kappa shape index (κ2) is 12.2. The normalized spacial score (nSPS) is 14.5. The van der Waals surface area contributed by atoms with Crippen molar-refractivity contribution < 1.29 is 14.0 Å². The number of carbonyl (C=O) groups excluding carboxylic acids is 1. The van der Waals surface area contributed by atoms with Crippen LogP contribution >= 0.6 is 22.9 Å². The maximum absolute atomic E-state index is 13.5. The van der Waals surface area contributed by atoms with E-state index in [0.717, 1.165) is 49.2 Å². The van der Waals surface area contributed by atoms with Crippen LogP contribution in [0, 0.1) is 0 Å². The molecular formula is C32H43ClN4O3SSi2. The van der Waals surface area contributed by atoms with Crippen LogP contribution in [0.5, 0.6) is 0 Å². The van der Waals surface area contributed by atoms with Gasteiger partial charge in [0.15, 0.2) is 8.32 Å². The highest BCUT2D eigenvalue weighted by Crippen LogP contribution is 2.46. The molecule has 1 aliphatic heterocycles. The molecule has 0 fully saturated rings. The summed E-state index contributed by atoms with van der Waals surface area (Å²) in [5.74, 6) is 0.0372. The fourth-order valence-electron chi connectivity index (χ4n) is 4.88. The van der Waals surface area contributed by atoms with Crippen LogP contribution in [0.2, 0.25) is 48.8 Å². The summed E-state index contributed by atoms with van der Waals surface area (Å²) in [7, 11) is -3.08. The molecule has 0 saturated carbocycles. The maximum Gasteiger partial charge on any atom is 0.232 e. The summed E-state index contributed by atoms with van der Waals surface area (Å²) in [6.45, 7) is 19.9. The average molecular weight is 655 g/mol. The van der Waals surface area contributed by atoms with Gasteiger partial charge < -0.3 is 9.16 Å². The van der Waals surface area contributed by atoms with E-state index in [9.17, 15) is 4.79 Å². The quantitative estimate of drug-likeness (QED) is 0.126. The summed E-state index contributed by atoms with van der Waals surface area (Å²) in [4.78, 5) is 21.2. The van der Waals surface area contributed by atoms with Crippen molar-refractivity contribution in [1.29, 1.82) is 0 Å². The number of fused-ring (bicyclic) bond motifs is 2. The van der Waals surface area contributed by atoms with Gasteiger partial charge in [-0.2, -0.15) is 5.10 Å². The van der Waals surface area contributed by atoms with Crippen molar-refractivity contribution in [3.63, 3.8) is 0 Å². The van der Waals surface area contributed by atoms with E-state index in [2.05, 4.69) is 69.7 Å². The Bertz CT molecular complexity index is 1640. The molecule has 11 heteroatoms. The monoisotopic (exact) mass is 654 g/mol. The fourth-order valence-corrected chi connectivity index (χ4v) is 7.99. The van der Waals surface area contributed by atoms with Gasteiger partial charge in [-0.1, -0.05) is 52.0 Å². The molecule has 0 saturated heterocycles. The first kappa shape index (κ1) is 32.1. The number of halogens is 1. The number of hydrogen-bond donors (Lipinski definition) is 0. The Labute approximate surface area is 266 Å². The molecule has 0 bridgehead atoms. The first-order valence-corrected chi connectivity index (χ1v) is 22.7. The predicted octanol–water partition coefficient (Wildman–Crippen LogP) is 9.26. The number of aryl methyl sites for hydroxylation is 1. The molecule has 4 aromatic rings. The van der Waals surface area contributed by atoms with Crippen LogP contribution in [0.3, 0.4) is 0 Å². The lowest BCUT2D eigenvalue weighted by atomic mass is 9.93. The van der Waals surface area contributed by atoms with Crippen LogP contribution in [0.4, 0.5) is 11.4 Å². The Morgan fingerprint density at radius 1 is 1.07 bits per heavy atom. The predicted molar refractivity (Wildman–Crippen MR) is 184 cm³/mol. The Kier molecular flexibility index (Phi) is 9.10. The number of ether oxygens (including phenoxy) is 1. The zero-order valence-corrected chi connectivity index (χ0v) is 30.2. The van der Waals surface area contributed by atoms with Gasteiger partial charge in [0.05, 0.1) is 40.6 Å². The number of amides is 1. The van der Waals surface area contributed by atoms with E-state index < -0.39 is 16.4 Å². The van der Waals surface area contributed by atoms with Gasteiger partial charge in [-0.15, -0.1) is 11.3 Å². The number of anilines is 2. The van der Waals surface area contributed by atoms with Gasteiger partial charge in [0.25, 0.3) is 0 Å². The lowest BCUT2D eigenvalue weighted by Gasteiger charge is -2.36. The second-order valence-corrected chi connectivity index (χ2v) is 26.1. The zero-order chi connectivity index (χ0) is 31.2. The molecule has 230 valence electrons. The first-order chi connectivity index (χ1) is 20.1. The van der Waals surface area contributed by atoms with E-state index in [1.165, 1.54) is 0 Å². The summed E-state index contributed by atoms with van der Waals surface area (Å²) in [5.41, 5.74) is 5.48. The minimum absolute atomic E-state index is 0.0372. The smallest absolute Gasteiger partial charge is 0.232 e. The molecule has 1 aliphatic rings. The number of carbonyl (C=O) groups is 1. The minimum Gasteiger partial charge on any atom is -0.412 e. The number of pyridine rings is 1. The van der Waals surface area contributed by atoms with Gasteiger partial charge in [0, 0.05) is 48.3 Å². The number of hydrogen-bond acceptors (Lipinski definition) is 6. The van der Waals surface area contributed by atoms with Crippen LogP contribution in [-0.2, 0) is 33.7 Å². The molecule has 0 radical (unpaired) electrons. The molecule has 0 atom stereocenters. The lowest BCUT2D eigenvalue weighted by molar-refractivity contribution is -0.118. The van der Waals surface area contributed by atoms with E-state index in [4.69, 9.17) is 20.8 Å². The SMILES string of the molecule is CC(C)(C)[Si](C)(C)OCc1cc2nccc(-c3cc(Cl)cc4c3N(c3cnn(COCC[Si](C)(C)C)c3)C(=O)CC4)c2s1. The van der Waals surface area contributed by atoms with E-state index in [1.807, 2.05) is 30.6 Å². The van der Waals surface area contributed by atoms with Gasteiger partial charge >= 0.3 is 0 Å². The minimum atomic E-state index is -1.90. The third-order valence-electron chi connectivity index (χ3n) is 8.47. The van der Waals surface area contributed by atoms with Crippen LogP contribution in [0.1, 0.15) is 37.6 Å². The highest BCUT2D eigenvalue weighted by molar-refractivity contribution is 7.19. The van der Waals surface area contributed by atoms with Crippen molar-refractivity contribution in [2.24, 2.45) is 0 Å². The van der Waals surface area contributed by atoms with Gasteiger partial charge in [-0.25, -0.2) is 4.68 Å². The molecule has 0 unspecified atom stereocenters. The lowest BCUT2D eigenvalue weighted by Crippen LogP contribution is -2.40. The van der Waals surface area contributed by atoms with Crippen molar-refractivity contribution in [1.82, 2.24) is 14.8 Å². The topological polar surface area (TPSA) is 69.5 Å². The summed E-state index contributed by atoms with van der Waals surface area (Å²) >= 11 is 8.41. The third kappa shape index (κ3) is 7.15. The Balaban J connectivity index is 1.49. The van der Waals surface area contributed by atoms with E-state index in [1.54, 1.807) is 27.1 Å². The maximum atomic E-state index is 13.5. The largest absolute Gasteiger partial charge is 0.412 e.